The molecule has 14 heteroatoms. The number of carboxylic acid groups (broad SMARTS) is 2. The van der Waals surface area contributed by atoms with Gasteiger partial charge < -0.3 is 19.3 Å². The van der Waals surface area contributed by atoms with Crippen molar-refractivity contribution in [3.63, 3.8) is 0 Å². The molecule has 1 aromatic carbocycles. The molecule has 1 aliphatic carbocycles. The minimum absolute atomic E-state index is 0. The Hall–Kier alpha value is -0.280. The first-order valence-electron chi connectivity index (χ1n) is 6.02. The maximum Gasteiger partial charge on any atom is 1.00 e. The van der Waals surface area contributed by atoms with E-state index >= 15 is 0 Å². The first-order valence-corrected chi connectivity index (χ1v) is 8.90. The smallest absolute Gasteiger partial charge is 0.747 e. The van der Waals surface area contributed by atoms with Crippen molar-refractivity contribution in [2.75, 3.05) is 0 Å². The van der Waals surface area contributed by atoms with Gasteiger partial charge in [0.05, 0.1) is 5.56 Å². The Morgan fingerprint density at radius 1 is 1.04 bits per heavy atom. The summed E-state index contributed by atoms with van der Waals surface area (Å²) in [6.07, 6.45) is 1.07. The zero-order chi connectivity index (χ0) is 18.5. The van der Waals surface area contributed by atoms with Gasteiger partial charge in [0, 0.05) is 0 Å². The molecular weight excluding hydrogens is 414 g/mol. The van der Waals surface area contributed by atoms with Crippen LogP contribution < -0.4 is 59.1 Å². The van der Waals surface area contributed by atoms with E-state index in [1.807, 2.05) is 0 Å². The van der Waals surface area contributed by atoms with Crippen molar-refractivity contribution < 1.29 is 105 Å². The molecular formula is C12H8Na2O10S2. The number of hydrogen-bond donors (Lipinski definition) is 2. The average molecular weight is 422 g/mol. The minimum atomic E-state index is -5.82. The van der Waals surface area contributed by atoms with Crippen LogP contribution in [0.25, 0.3) is 6.08 Å². The molecule has 1 aromatic rings. The largest absolute Gasteiger partial charge is 1.00 e. The number of aliphatic carboxylic acids is 1. The molecule has 2 unspecified atom stereocenters. The SMILES string of the molecule is O=C(O)c1ccc2c(c1)C=CC(C(=O)O)(S(=O)(=O)[O-])C2S(=O)(=O)[O-].[Na+].[Na+]. The molecule has 1 aliphatic rings. The van der Waals surface area contributed by atoms with E-state index in [0.29, 0.717) is 0 Å². The second kappa shape index (κ2) is 8.39. The van der Waals surface area contributed by atoms with Crippen LogP contribution in [-0.2, 0) is 25.0 Å². The third kappa shape index (κ3) is 4.24. The van der Waals surface area contributed by atoms with E-state index in [0.717, 1.165) is 24.3 Å². The summed E-state index contributed by atoms with van der Waals surface area (Å²) in [5.41, 5.74) is -1.09. The summed E-state index contributed by atoms with van der Waals surface area (Å²) in [5, 5.41) is 15.3. The third-order valence-electron chi connectivity index (χ3n) is 3.55. The fraction of sp³-hybridized carbons (Fsp3) is 0.167. The molecule has 10 nitrogen and oxygen atoms in total. The van der Waals surface area contributed by atoms with Gasteiger partial charge in [0.15, 0.2) is 4.75 Å². The van der Waals surface area contributed by atoms with Gasteiger partial charge in [-0.1, -0.05) is 18.2 Å². The van der Waals surface area contributed by atoms with Crippen molar-refractivity contribution in [3.8, 4) is 0 Å². The van der Waals surface area contributed by atoms with Gasteiger partial charge in [-0.15, -0.1) is 0 Å². The molecule has 0 amide bonds. The number of carboxylic acids is 2. The molecule has 0 fully saturated rings. The summed E-state index contributed by atoms with van der Waals surface area (Å²) < 4.78 is 65.7. The van der Waals surface area contributed by atoms with E-state index < -0.39 is 47.7 Å². The molecule has 2 rings (SSSR count). The molecule has 0 saturated heterocycles. The van der Waals surface area contributed by atoms with Crippen LogP contribution in [0.2, 0.25) is 0 Å². The van der Waals surface area contributed by atoms with Crippen molar-refractivity contribution in [3.05, 3.63) is 41.0 Å². The van der Waals surface area contributed by atoms with Crippen LogP contribution in [0, 0.1) is 0 Å². The number of hydrogen-bond acceptors (Lipinski definition) is 8. The van der Waals surface area contributed by atoms with Gasteiger partial charge in [0.1, 0.15) is 25.5 Å². The van der Waals surface area contributed by atoms with Crippen molar-refractivity contribution in [2.24, 2.45) is 0 Å². The average Bonchev–Trinajstić information content (AvgIpc) is 2.42. The van der Waals surface area contributed by atoms with Crippen LogP contribution in [0.4, 0.5) is 0 Å². The number of rotatable bonds is 4. The Labute approximate surface area is 192 Å². The van der Waals surface area contributed by atoms with Crippen LogP contribution in [0.1, 0.15) is 26.7 Å². The van der Waals surface area contributed by atoms with Gasteiger partial charge in [-0.2, -0.15) is 0 Å². The van der Waals surface area contributed by atoms with Gasteiger partial charge >= 0.3 is 71.1 Å². The predicted molar refractivity (Wildman–Crippen MR) is 74.9 cm³/mol. The number of carbonyl (C=O) groups is 2. The third-order valence-corrected chi connectivity index (χ3v) is 6.28. The van der Waals surface area contributed by atoms with E-state index in [-0.39, 0.29) is 76.3 Å². The number of fused-ring (bicyclic) bond motifs is 1. The molecule has 0 radical (unpaired) electrons. The van der Waals surface area contributed by atoms with Gasteiger partial charge in [-0.05, 0) is 23.3 Å². The summed E-state index contributed by atoms with van der Waals surface area (Å²) in [7, 11) is -11.4. The van der Waals surface area contributed by atoms with E-state index in [9.17, 15) is 40.6 Å². The molecule has 0 heterocycles. The second-order valence-electron chi connectivity index (χ2n) is 4.91. The fourth-order valence-electron chi connectivity index (χ4n) is 2.50. The van der Waals surface area contributed by atoms with Gasteiger partial charge in [-0.25, -0.2) is 21.6 Å². The molecule has 0 aromatic heterocycles. The topological polar surface area (TPSA) is 189 Å². The molecule has 0 aliphatic heterocycles. The Kier molecular flexibility index (Phi) is 8.30. The van der Waals surface area contributed by atoms with Gasteiger partial charge in [-0.3, -0.25) is 4.79 Å². The second-order valence-corrected chi connectivity index (χ2v) is 7.95. The molecule has 0 saturated carbocycles. The molecule has 2 N–H and O–H groups in total. The van der Waals surface area contributed by atoms with E-state index in [1.54, 1.807) is 0 Å². The van der Waals surface area contributed by atoms with Crippen molar-refractivity contribution in [1.29, 1.82) is 0 Å². The Morgan fingerprint density at radius 2 is 1.58 bits per heavy atom. The first-order chi connectivity index (χ1) is 10.8. The van der Waals surface area contributed by atoms with Crippen LogP contribution in [-0.4, -0.2) is 52.8 Å². The summed E-state index contributed by atoms with van der Waals surface area (Å²) in [6.45, 7) is 0. The first kappa shape index (κ1) is 25.7. The van der Waals surface area contributed by atoms with E-state index in [4.69, 9.17) is 5.11 Å². The van der Waals surface area contributed by atoms with E-state index in [1.165, 1.54) is 0 Å². The number of benzene rings is 1. The van der Waals surface area contributed by atoms with Crippen molar-refractivity contribution in [1.82, 2.24) is 0 Å². The zero-order valence-corrected chi connectivity index (χ0v) is 19.1. The van der Waals surface area contributed by atoms with E-state index in [2.05, 4.69) is 0 Å². The minimum Gasteiger partial charge on any atom is -0.747 e. The van der Waals surface area contributed by atoms with Gasteiger partial charge in [0.2, 0.25) is 0 Å². The maximum atomic E-state index is 11.6. The molecule has 0 spiro atoms. The molecule has 130 valence electrons. The van der Waals surface area contributed by atoms with Crippen LogP contribution in [0.5, 0.6) is 0 Å². The monoisotopic (exact) mass is 422 g/mol. The van der Waals surface area contributed by atoms with Crippen LogP contribution in [0.15, 0.2) is 24.3 Å². The summed E-state index contributed by atoms with van der Waals surface area (Å²) >= 11 is 0. The van der Waals surface area contributed by atoms with Crippen LogP contribution >= 0.6 is 0 Å². The van der Waals surface area contributed by atoms with Crippen LogP contribution in [0.3, 0.4) is 0 Å². The summed E-state index contributed by atoms with van der Waals surface area (Å²) in [4.78, 5) is 22.4. The predicted octanol–water partition coefficient (Wildman–Crippen LogP) is -6.63. The zero-order valence-electron chi connectivity index (χ0n) is 13.4. The Bertz CT molecular complexity index is 983. The Balaban J connectivity index is 0.00000312. The van der Waals surface area contributed by atoms with Crippen molar-refractivity contribution >= 4 is 38.3 Å². The molecule has 26 heavy (non-hydrogen) atoms. The quantitative estimate of drug-likeness (QED) is 0.348. The standard InChI is InChI=1S/C12H10O10S2.2Na/c13-10(14)7-1-2-8-6(5-7)3-4-12(11(15)16,24(20,21)22)9(8)23(17,18)19;;/h1-5,9H,(H,13,14)(H,15,16)(H,17,18,19)(H,20,21,22);;/q;2*+1/p-2. The normalized spacial score (nSPS) is 21.7. The fourth-order valence-corrected chi connectivity index (χ4v) is 5.18. The number of aromatic carboxylic acids is 1. The molecule has 0 bridgehead atoms. The summed E-state index contributed by atoms with van der Waals surface area (Å²) in [5.74, 6) is -3.72. The van der Waals surface area contributed by atoms with Crippen molar-refractivity contribution in [2.45, 2.75) is 10.00 Å². The summed E-state index contributed by atoms with van der Waals surface area (Å²) in [6, 6.07) is 2.59. The Morgan fingerprint density at radius 3 is 1.96 bits per heavy atom. The molecule has 2 atom stereocenters. The maximum absolute atomic E-state index is 11.6. The van der Waals surface area contributed by atoms with Gasteiger partial charge in [0.25, 0.3) is 0 Å².